The van der Waals surface area contributed by atoms with Crippen LogP contribution in [0.25, 0.3) is 11.1 Å². The van der Waals surface area contributed by atoms with Crippen molar-refractivity contribution in [3.63, 3.8) is 0 Å². The third kappa shape index (κ3) is 3.80. The zero-order valence-corrected chi connectivity index (χ0v) is 15.0. The Morgan fingerprint density at radius 3 is 2.00 bits per heavy atom. The van der Waals surface area contributed by atoms with Crippen molar-refractivity contribution < 1.29 is 27.1 Å². The largest absolute Gasteiger partial charge is 0.503 e. The predicted octanol–water partition coefficient (Wildman–Crippen LogP) is 6.83. The van der Waals surface area contributed by atoms with Gasteiger partial charge >= 0.3 is 0 Å². The van der Waals surface area contributed by atoms with Gasteiger partial charge in [-0.2, -0.15) is 0 Å². The Labute approximate surface area is 154 Å². The topological polar surface area (TPSA) is 20.2 Å². The second-order valence-corrected chi connectivity index (χ2v) is 7.25. The van der Waals surface area contributed by atoms with Gasteiger partial charge in [0.15, 0.2) is 34.8 Å². The monoisotopic (exact) mass is 384 g/mol. The average molecular weight is 384 g/mol. The zero-order valence-electron chi connectivity index (χ0n) is 15.0. The molecule has 6 heteroatoms. The maximum absolute atomic E-state index is 14.7. The fraction of sp³-hybridized carbons (Fsp3) is 0.429. The maximum atomic E-state index is 14.7. The highest BCUT2D eigenvalue weighted by Crippen LogP contribution is 2.44. The van der Waals surface area contributed by atoms with Gasteiger partial charge in [-0.05, 0) is 66.8 Å². The van der Waals surface area contributed by atoms with Gasteiger partial charge in [-0.1, -0.05) is 19.8 Å². The molecule has 2 aromatic rings. The molecular weight excluding hydrogens is 363 g/mol. The first kappa shape index (κ1) is 19.6. The first-order chi connectivity index (χ1) is 12.8. The summed E-state index contributed by atoms with van der Waals surface area (Å²) in [5.41, 5.74) is -0.279. The van der Waals surface area contributed by atoms with Crippen LogP contribution in [-0.2, 0) is 0 Å². The molecule has 0 unspecified atom stereocenters. The van der Waals surface area contributed by atoms with Gasteiger partial charge in [0.05, 0.1) is 0 Å². The van der Waals surface area contributed by atoms with E-state index in [2.05, 4.69) is 6.92 Å². The third-order valence-corrected chi connectivity index (χ3v) is 5.48. The van der Waals surface area contributed by atoms with E-state index in [9.17, 15) is 27.1 Å². The Morgan fingerprint density at radius 2 is 1.44 bits per heavy atom. The fourth-order valence-corrected chi connectivity index (χ4v) is 4.11. The van der Waals surface area contributed by atoms with E-state index in [0.29, 0.717) is 30.9 Å². The molecule has 1 N–H and O–H groups in total. The minimum atomic E-state index is -1.66. The number of phenolic OH excluding ortho intramolecular Hbond substituents is 1. The van der Waals surface area contributed by atoms with Gasteiger partial charge in [-0.25, -0.2) is 22.0 Å². The van der Waals surface area contributed by atoms with Crippen molar-refractivity contribution in [2.24, 2.45) is 5.92 Å². The van der Waals surface area contributed by atoms with Crippen molar-refractivity contribution in [2.75, 3.05) is 0 Å². The van der Waals surface area contributed by atoms with E-state index in [1.165, 1.54) is 0 Å². The second kappa shape index (κ2) is 7.87. The molecule has 3 rings (SSSR count). The molecule has 1 fully saturated rings. The smallest absolute Gasteiger partial charge is 0.194 e. The van der Waals surface area contributed by atoms with Gasteiger partial charge < -0.3 is 5.11 Å². The summed E-state index contributed by atoms with van der Waals surface area (Å²) < 4.78 is 69.3. The first-order valence-corrected chi connectivity index (χ1v) is 9.19. The molecule has 1 saturated carbocycles. The van der Waals surface area contributed by atoms with E-state index in [4.69, 9.17) is 0 Å². The average Bonchev–Trinajstić information content (AvgIpc) is 2.64. The summed E-state index contributed by atoms with van der Waals surface area (Å²) in [6, 6.07) is 2.36. The molecule has 0 atom stereocenters. The lowest BCUT2D eigenvalue weighted by molar-refractivity contribution is 0.307. The number of benzene rings is 2. The minimum Gasteiger partial charge on any atom is -0.503 e. The van der Waals surface area contributed by atoms with Crippen LogP contribution in [0.1, 0.15) is 56.9 Å². The van der Waals surface area contributed by atoms with Gasteiger partial charge in [0.2, 0.25) is 0 Å². The number of hydrogen-bond acceptors (Lipinski definition) is 1. The van der Waals surface area contributed by atoms with E-state index < -0.39 is 34.8 Å². The lowest BCUT2D eigenvalue weighted by atomic mass is 9.75. The van der Waals surface area contributed by atoms with Crippen LogP contribution >= 0.6 is 0 Å². The van der Waals surface area contributed by atoms with Crippen LogP contribution in [0.2, 0.25) is 0 Å². The SMILES string of the molecule is CCCC1CCC(c2cc(F)c(O)c(F)c2-c2cc(F)c(F)c(F)c2)CC1. The van der Waals surface area contributed by atoms with Crippen molar-refractivity contribution in [1.29, 1.82) is 0 Å². The van der Waals surface area contributed by atoms with E-state index >= 15 is 0 Å². The molecule has 0 amide bonds. The second-order valence-electron chi connectivity index (χ2n) is 7.25. The summed E-state index contributed by atoms with van der Waals surface area (Å²) in [5.74, 6) is -7.85. The van der Waals surface area contributed by atoms with Gasteiger partial charge in [0, 0.05) is 5.56 Å². The van der Waals surface area contributed by atoms with Gasteiger partial charge in [0.25, 0.3) is 0 Å². The van der Waals surface area contributed by atoms with Crippen molar-refractivity contribution in [3.05, 3.63) is 52.8 Å². The van der Waals surface area contributed by atoms with Crippen LogP contribution < -0.4 is 0 Å². The maximum Gasteiger partial charge on any atom is 0.194 e. The van der Waals surface area contributed by atoms with E-state index in [1.54, 1.807) is 0 Å². The molecule has 0 aromatic heterocycles. The quantitative estimate of drug-likeness (QED) is 0.452. The summed E-state index contributed by atoms with van der Waals surface area (Å²) in [6.45, 7) is 2.10. The molecule has 0 spiro atoms. The number of halogens is 5. The summed E-state index contributed by atoms with van der Waals surface area (Å²) in [4.78, 5) is 0. The zero-order chi connectivity index (χ0) is 19.7. The van der Waals surface area contributed by atoms with Crippen molar-refractivity contribution in [2.45, 2.75) is 51.4 Å². The van der Waals surface area contributed by atoms with E-state index in [0.717, 1.165) is 31.7 Å². The molecule has 0 saturated heterocycles. The minimum absolute atomic E-state index is 0.200. The van der Waals surface area contributed by atoms with Crippen LogP contribution in [0.3, 0.4) is 0 Å². The normalized spacial score (nSPS) is 20.1. The fourth-order valence-electron chi connectivity index (χ4n) is 4.11. The van der Waals surface area contributed by atoms with Crippen molar-refractivity contribution in [3.8, 4) is 16.9 Å². The number of phenols is 1. The van der Waals surface area contributed by atoms with E-state index in [-0.39, 0.29) is 22.6 Å². The highest BCUT2D eigenvalue weighted by molar-refractivity contribution is 5.71. The van der Waals surface area contributed by atoms with Crippen LogP contribution in [-0.4, -0.2) is 5.11 Å². The standard InChI is InChI=1S/C21H21F5O/c1-2-3-11-4-6-12(7-5-11)14-10-17(24)21(27)20(26)18(14)13-8-15(22)19(25)16(23)9-13/h8-12,27H,2-7H2,1H3. The molecule has 0 radical (unpaired) electrons. The summed E-state index contributed by atoms with van der Waals surface area (Å²) in [5, 5.41) is 9.66. The van der Waals surface area contributed by atoms with Crippen LogP contribution in [0.15, 0.2) is 18.2 Å². The Kier molecular flexibility index (Phi) is 5.72. The number of hydrogen-bond donors (Lipinski definition) is 1. The van der Waals surface area contributed by atoms with Crippen LogP contribution in [0.4, 0.5) is 22.0 Å². The lowest BCUT2D eigenvalue weighted by Gasteiger charge is -2.30. The molecule has 1 nitrogen and oxygen atoms in total. The van der Waals surface area contributed by atoms with Crippen molar-refractivity contribution in [1.82, 2.24) is 0 Å². The Hall–Kier alpha value is -2.11. The predicted molar refractivity (Wildman–Crippen MR) is 92.9 cm³/mol. The molecule has 1 aliphatic rings. The number of rotatable bonds is 4. The van der Waals surface area contributed by atoms with Crippen molar-refractivity contribution >= 4 is 0 Å². The highest BCUT2D eigenvalue weighted by atomic mass is 19.2. The Bertz CT molecular complexity index is 818. The Balaban J connectivity index is 2.07. The molecule has 27 heavy (non-hydrogen) atoms. The van der Waals surface area contributed by atoms with Gasteiger partial charge in [-0.3, -0.25) is 0 Å². The molecule has 0 heterocycles. The van der Waals surface area contributed by atoms with Gasteiger partial charge in [-0.15, -0.1) is 0 Å². The summed E-state index contributed by atoms with van der Waals surface area (Å²) >= 11 is 0. The molecule has 0 bridgehead atoms. The summed E-state index contributed by atoms with van der Waals surface area (Å²) in [7, 11) is 0. The Morgan fingerprint density at radius 1 is 0.852 bits per heavy atom. The molecule has 146 valence electrons. The lowest BCUT2D eigenvalue weighted by Crippen LogP contribution is -2.15. The first-order valence-electron chi connectivity index (χ1n) is 9.19. The molecule has 2 aromatic carbocycles. The summed E-state index contributed by atoms with van der Waals surface area (Å²) in [6.07, 6.45) is 5.33. The molecular formula is C21H21F5O. The van der Waals surface area contributed by atoms with Gasteiger partial charge in [0.1, 0.15) is 0 Å². The van der Waals surface area contributed by atoms with Crippen LogP contribution in [0.5, 0.6) is 5.75 Å². The molecule has 1 aliphatic carbocycles. The molecule has 0 aliphatic heterocycles. The van der Waals surface area contributed by atoms with E-state index in [1.807, 2.05) is 0 Å². The van der Waals surface area contributed by atoms with Crippen LogP contribution in [0, 0.1) is 35.0 Å². The third-order valence-electron chi connectivity index (χ3n) is 5.48. The highest BCUT2D eigenvalue weighted by Gasteiger charge is 2.29. The number of aromatic hydroxyl groups is 1.